The van der Waals surface area contributed by atoms with E-state index in [1.807, 2.05) is 0 Å². The highest BCUT2D eigenvalue weighted by molar-refractivity contribution is 7.89. The molecule has 0 unspecified atom stereocenters. The summed E-state index contributed by atoms with van der Waals surface area (Å²) in [5.41, 5.74) is 0. The summed E-state index contributed by atoms with van der Waals surface area (Å²) in [6, 6.07) is 0. The van der Waals surface area contributed by atoms with Gasteiger partial charge in [-0.05, 0) is 6.42 Å². The Hall–Kier alpha value is -0.880. The lowest BCUT2D eigenvalue weighted by molar-refractivity contribution is -0.131. The van der Waals surface area contributed by atoms with Crippen LogP contribution < -0.4 is 0 Å². The van der Waals surface area contributed by atoms with Crippen molar-refractivity contribution in [3.63, 3.8) is 0 Å². The van der Waals surface area contributed by atoms with Crippen molar-refractivity contribution in [2.24, 2.45) is 0 Å². The number of sulfonamides is 1. The number of carboxylic acids is 1. The first-order chi connectivity index (χ1) is 6.02. The van der Waals surface area contributed by atoms with Crippen LogP contribution in [0.3, 0.4) is 0 Å². The molecule has 1 N–H and O–H groups in total. The molecule has 1 rings (SSSR count). The molecule has 0 aromatic carbocycles. The zero-order valence-corrected chi connectivity index (χ0v) is 7.83. The highest BCUT2D eigenvalue weighted by atomic mass is 32.2. The third kappa shape index (κ3) is 2.82. The minimum atomic E-state index is -3.10. The number of rotatable bonds is 3. The summed E-state index contributed by atoms with van der Waals surface area (Å²) < 4.78 is 23.6. The number of hydrogen-bond donors (Lipinski definition) is 1. The van der Waals surface area contributed by atoms with Gasteiger partial charge in [-0.25, -0.2) is 13.2 Å². The van der Waals surface area contributed by atoms with Gasteiger partial charge in [0.2, 0.25) is 10.0 Å². The Kier molecular flexibility index (Phi) is 3.05. The normalized spacial score (nSPS) is 22.5. The van der Waals surface area contributed by atoms with Crippen molar-refractivity contribution in [1.82, 2.24) is 4.31 Å². The standard InChI is InChI=1S/C7H11NO4S/c9-7(10)3-1-4-8-5-2-6-13(8,11)12/h1,3H,2,4-6H2,(H,9,10). The van der Waals surface area contributed by atoms with Gasteiger partial charge in [-0.3, -0.25) is 0 Å². The summed E-state index contributed by atoms with van der Waals surface area (Å²) in [6.45, 7) is 0.654. The molecule has 1 aliphatic rings. The predicted octanol–water partition coefficient (Wildman–Crippen LogP) is -0.337. The number of aliphatic carboxylic acids is 1. The van der Waals surface area contributed by atoms with E-state index in [9.17, 15) is 13.2 Å². The van der Waals surface area contributed by atoms with Gasteiger partial charge in [0.05, 0.1) is 5.75 Å². The molecule has 0 bridgehead atoms. The Morgan fingerprint density at radius 2 is 2.23 bits per heavy atom. The van der Waals surface area contributed by atoms with Crippen molar-refractivity contribution >= 4 is 16.0 Å². The molecule has 5 nitrogen and oxygen atoms in total. The van der Waals surface area contributed by atoms with E-state index in [0.717, 1.165) is 6.08 Å². The van der Waals surface area contributed by atoms with Crippen LogP contribution in [0.25, 0.3) is 0 Å². The number of hydrogen-bond acceptors (Lipinski definition) is 3. The van der Waals surface area contributed by atoms with Crippen LogP contribution in [-0.2, 0) is 14.8 Å². The van der Waals surface area contributed by atoms with Gasteiger partial charge in [0.25, 0.3) is 0 Å². The van der Waals surface area contributed by atoms with Crippen molar-refractivity contribution < 1.29 is 18.3 Å². The first-order valence-corrected chi connectivity index (χ1v) is 5.50. The van der Waals surface area contributed by atoms with Gasteiger partial charge in [0.15, 0.2) is 0 Å². The fourth-order valence-corrected chi connectivity index (χ4v) is 2.64. The molecular weight excluding hydrogens is 194 g/mol. The molecule has 0 aliphatic carbocycles. The largest absolute Gasteiger partial charge is 0.478 e. The lowest BCUT2D eigenvalue weighted by Crippen LogP contribution is -2.25. The molecule has 6 heteroatoms. The number of carboxylic acid groups (broad SMARTS) is 1. The van der Waals surface area contributed by atoms with E-state index in [0.29, 0.717) is 13.0 Å². The minimum Gasteiger partial charge on any atom is -0.478 e. The maximum atomic E-state index is 11.2. The lowest BCUT2D eigenvalue weighted by Gasteiger charge is -2.10. The minimum absolute atomic E-state index is 0.161. The molecule has 0 aromatic heterocycles. The summed E-state index contributed by atoms with van der Waals surface area (Å²) in [4.78, 5) is 10.1. The summed E-state index contributed by atoms with van der Waals surface area (Å²) in [5.74, 6) is -0.884. The van der Waals surface area contributed by atoms with Crippen LogP contribution in [0.5, 0.6) is 0 Å². The second-order valence-corrected chi connectivity index (χ2v) is 4.86. The number of carbonyl (C=O) groups is 1. The second kappa shape index (κ2) is 3.89. The maximum absolute atomic E-state index is 11.2. The fourth-order valence-electron chi connectivity index (χ4n) is 1.17. The molecule has 1 saturated heterocycles. The first-order valence-electron chi connectivity index (χ1n) is 3.90. The Bertz CT molecular complexity index is 319. The molecule has 1 fully saturated rings. The van der Waals surface area contributed by atoms with Gasteiger partial charge >= 0.3 is 5.97 Å². The summed E-state index contributed by atoms with van der Waals surface area (Å²) in [5, 5.41) is 8.26. The van der Waals surface area contributed by atoms with Crippen LogP contribution in [0.1, 0.15) is 6.42 Å². The highest BCUT2D eigenvalue weighted by Gasteiger charge is 2.26. The van der Waals surface area contributed by atoms with Crippen LogP contribution in [-0.4, -0.2) is 42.6 Å². The average molecular weight is 205 g/mol. The smallest absolute Gasteiger partial charge is 0.328 e. The molecule has 74 valence electrons. The quantitative estimate of drug-likeness (QED) is 0.640. The van der Waals surface area contributed by atoms with Gasteiger partial charge in [0.1, 0.15) is 0 Å². The van der Waals surface area contributed by atoms with E-state index >= 15 is 0 Å². The fraction of sp³-hybridized carbons (Fsp3) is 0.571. The van der Waals surface area contributed by atoms with Crippen LogP contribution in [0.2, 0.25) is 0 Å². The molecule has 0 aromatic rings. The van der Waals surface area contributed by atoms with Gasteiger partial charge in [0, 0.05) is 19.2 Å². The van der Waals surface area contributed by atoms with E-state index < -0.39 is 16.0 Å². The zero-order chi connectivity index (χ0) is 9.90. The second-order valence-electron chi connectivity index (χ2n) is 2.77. The summed E-state index contributed by atoms with van der Waals surface area (Å²) in [6.07, 6.45) is 2.92. The molecule has 0 spiro atoms. The van der Waals surface area contributed by atoms with E-state index in [-0.39, 0.29) is 12.3 Å². The van der Waals surface area contributed by atoms with Crippen LogP contribution in [0.15, 0.2) is 12.2 Å². The number of nitrogens with zero attached hydrogens (tertiary/aromatic N) is 1. The SMILES string of the molecule is O=C(O)C=CCN1CCCS1(=O)=O. The van der Waals surface area contributed by atoms with E-state index in [1.54, 1.807) is 0 Å². The molecule has 0 amide bonds. The van der Waals surface area contributed by atoms with E-state index in [1.165, 1.54) is 10.4 Å². The van der Waals surface area contributed by atoms with Crippen molar-refractivity contribution in [3.05, 3.63) is 12.2 Å². The summed E-state index contributed by atoms with van der Waals surface area (Å²) in [7, 11) is -3.10. The van der Waals surface area contributed by atoms with Crippen LogP contribution in [0.4, 0.5) is 0 Å². The third-order valence-corrected chi connectivity index (χ3v) is 3.70. The van der Waals surface area contributed by atoms with Gasteiger partial charge in [-0.15, -0.1) is 0 Å². The summed E-state index contributed by atoms with van der Waals surface area (Å²) >= 11 is 0. The van der Waals surface area contributed by atoms with Crippen LogP contribution in [0, 0.1) is 0 Å². The van der Waals surface area contributed by atoms with Gasteiger partial charge < -0.3 is 5.11 Å². The van der Waals surface area contributed by atoms with Crippen molar-refractivity contribution in [2.75, 3.05) is 18.8 Å². The topological polar surface area (TPSA) is 74.7 Å². The third-order valence-electron chi connectivity index (χ3n) is 1.77. The van der Waals surface area contributed by atoms with Crippen molar-refractivity contribution in [3.8, 4) is 0 Å². The van der Waals surface area contributed by atoms with E-state index in [2.05, 4.69) is 0 Å². The first kappa shape index (κ1) is 10.2. The average Bonchev–Trinajstić information content (AvgIpc) is 2.30. The Morgan fingerprint density at radius 3 is 2.69 bits per heavy atom. The molecule has 13 heavy (non-hydrogen) atoms. The monoisotopic (exact) mass is 205 g/mol. The lowest BCUT2D eigenvalue weighted by atomic mass is 10.4. The van der Waals surface area contributed by atoms with E-state index in [4.69, 9.17) is 5.11 Å². The molecule has 0 radical (unpaired) electrons. The van der Waals surface area contributed by atoms with Gasteiger partial charge in [-0.1, -0.05) is 6.08 Å². The Labute approximate surface area is 76.7 Å². The Balaban J connectivity index is 2.51. The van der Waals surface area contributed by atoms with Crippen molar-refractivity contribution in [1.29, 1.82) is 0 Å². The molecule has 0 atom stereocenters. The molecule has 1 aliphatic heterocycles. The van der Waals surface area contributed by atoms with Crippen LogP contribution >= 0.6 is 0 Å². The van der Waals surface area contributed by atoms with Crippen molar-refractivity contribution in [2.45, 2.75) is 6.42 Å². The highest BCUT2D eigenvalue weighted by Crippen LogP contribution is 2.12. The predicted molar refractivity (Wildman–Crippen MR) is 46.8 cm³/mol. The maximum Gasteiger partial charge on any atom is 0.328 e. The van der Waals surface area contributed by atoms with Gasteiger partial charge in [-0.2, -0.15) is 4.31 Å². The Morgan fingerprint density at radius 1 is 1.54 bits per heavy atom. The molecular formula is C7H11NO4S. The molecule has 1 heterocycles. The molecule has 0 saturated carbocycles. The zero-order valence-electron chi connectivity index (χ0n) is 7.01.